The summed E-state index contributed by atoms with van der Waals surface area (Å²) in [7, 11) is 1.45. The Balaban J connectivity index is 2.27. The van der Waals surface area contributed by atoms with Crippen molar-refractivity contribution in [1.29, 1.82) is 0 Å². The molecule has 2 bridgehead atoms. The summed E-state index contributed by atoms with van der Waals surface area (Å²) in [6, 6.07) is 0. The number of carbonyl (C=O) groups excluding carboxylic acids is 1. The zero-order chi connectivity index (χ0) is 9.42. The van der Waals surface area contributed by atoms with Crippen molar-refractivity contribution < 1.29 is 9.53 Å². The summed E-state index contributed by atoms with van der Waals surface area (Å²) < 4.78 is 4.74. The number of rotatable bonds is 1. The van der Waals surface area contributed by atoms with E-state index in [-0.39, 0.29) is 5.97 Å². The molecule has 2 nitrogen and oxygen atoms in total. The van der Waals surface area contributed by atoms with Gasteiger partial charge in [0.2, 0.25) is 0 Å². The molecule has 0 aliphatic heterocycles. The number of hydrogen-bond acceptors (Lipinski definition) is 2. The predicted octanol–water partition coefficient (Wildman–Crippen LogP) is 2.07. The van der Waals surface area contributed by atoms with Gasteiger partial charge in [0.25, 0.3) is 0 Å². The second-order valence-corrected chi connectivity index (χ2v) is 3.81. The van der Waals surface area contributed by atoms with E-state index in [9.17, 15) is 4.79 Å². The van der Waals surface area contributed by atoms with Gasteiger partial charge in [-0.05, 0) is 25.7 Å². The summed E-state index contributed by atoms with van der Waals surface area (Å²) in [6.45, 7) is 2.14. The van der Waals surface area contributed by atoms with Gasteiger partial charge >= 0.3 is 5.97 Å². The van der Waals surface area contributed by atoms with Crippen LogP contribution in [0.5, 0.6) is 0 Å². The molecule has 0 fully saturated rings. The first-order valence-corrected chi connectivity index (χ1v) is 4.70. The maximum atomic E-state index is 11.3. The van der Waals surface area contributed by atoms with E-state index in [1.54, 1.807) is 0 Å². The van der Waals surface area contributed by atoms with Crippen LogP contribution in [0.3, 0.4) is 0 Å². The quantitative estimate of drug-likeness (QED) is 0.454. The molecule has 70 valence electrons. The van der Waals surface area contributed by atoms with Gasteiger partial charge in [0.15, 0.2) is 0 Å². The Morgan fingerprint density at radius 1 is 1.38 bits per heavy atom. The van der Waals surface area contributed by atoms with E-state index in [0.29, 0.717) is 11.8 Å². The highest BCUT2D eigenvalue weighted by atomic mass is 16.5. The molecule has 1 unspecified atom stereocenters. The van der Waals surface area contributed by atoms with E-state index in [2.05, 4.69) is 19.1 Å². The molecule has 0 aromatic rings. The smallest absolute Gasteiger partial charge is 0.334 e. The summed E-state index contributed by atoms with van der Waals surface area (Å²) in [5.41, 5.74) is 2.27. The molecule has 3 rings (SSSR count). The molecule has 0 spiro atoms. The van der Waals surface area contributed by atoms with Crippen LogP contribution in [0.4, 0.5) is 0 Å². The van der Waals surface area contributed by atoms with Crippen molar-refractivity contribution in [2.24, 2.45) is 11.8 Å². The van der Waals surface area contributed by atoms with Crippen LogP contribution in [0, 0.1) is 11.8 Å². The third-order valence-electron chi connectivity index (χ3n) is 3.04. The lowest BCUT2D eigenvalue weighted by atomic mass is 9.73. The average Bonchev–Trinajstić information content (AvgIpc) is 2.17. The molecule has 0 heterocycles. The summed E-state index contributed by atoms with van der Waals surface area (Å²) >= 11 is 0. The lowest BCUT2D eigenvalue weighted by Crippen LogP contribution is -2.25. The molecule has 0 amide bonds. The second-order valence-electron chi connectivity index (χ2n) is 3.81. The van der Waals surface area contributed by atoms with Gasteiger partial charge in [-0.15, -0.1) is 0 Å². The summed E-state index contributed by atoms with van der Waals surface area (Å²) in [5.74, 6) is 0.648. The van der Waals surface area contributed by atoms with Crippen molar-refractivity contribution >= 4 is 5.97 Å². The zero-order valence-corrected chi connectivity index (χ0v) is 8.04. The third kappa shape index (κ3) is 1.30. The predicted molar refractivity (Wildman–Crippen MR) is 50.1 cm³/mol. The molecular weight excluding hydrogens is 164 g/mol. The van der Waals surface area contributed by atoms with Crippen molar-refractivity contribution in [1.82, 2.24) is 0 Å². The molecule has 3 aliphatic carbocycles. The van der Waals surface area contributed by atoms with E-state index in [1.807, 2.05) is 0 Å². The first kappa shape index (κ1) is 8.54. The molecule has 3 aliphatic rings. The first-order chi connectivity index (χ1) is 6.22. The van der Waals surface area contributed by atoms with Crippen LogP contribution >= 0.6 is 0 Å². The van der Waals surface area contributed by atoms with E-state index in [4.69, 9.17) is 4.74 Å². The fraction of sp³-hybridized carbons (Fsp3) is 0.545. The van der Waals surface area contributed by atoms with Crippen LogP contribution in [-0.4, -0.2) is 13.1 Å². The lowest BCUT2D eigenvalue weighted by Gasteiger charge is -2.32. The van der Waals surface area contributed by atoms with Crippen LogP contribution in [0.2, 0.25) is 0 Å². The maximum Gasteiger partial charge on any atom is 0.334 e. The van der Waals surface area contributed by atoms with Gasteiger partial charge in [-0.2, -0.15) is 0 Å². The average molecular weight is 178 g/mol. The van der Waals surface area contributed by atoms with Crippen molar-refractivity contribution in [3.63, 3.8) is 0 Å². The molecule has 0 saturated heterocycles. The van der Waals surface area contributed by atoms with Gasteiger partial charge in [0.1, 0.15) is 0 Å². The minimum absolute atomic E-state index is 0.154. The molecule has 2 heteroatoms. The molecule has 0 N–H and O–H groups in total. The molecular formula is C11H14O2. The number of allylic oxidation sites excluding steroid dienone is 3. The van der Waals surface area contributed by atoms with Crippen molar-refractivity contribution in [3.8, 4) is 0 Å². The highest BCUT2D eigenvalue weighted by molar-refractivity contribution is 5.90. The summed E-state index contributed by atoms with van der Waals surface area (Å²) in [6.07, 6.45) is 6.58. The van der Waals surface area contributed by atoms with Crippen LogP contribution in [-0.2, 0) is 9.53 Å². The Bertz CT molecular complexity index is 299. The Kier molecular flexibility index (Phi) is 1.98. The minimum atomic E-state index is -0.154. The van der Waals surface area contributed by atoms with Crippen molar-refractivity contribution in [2.45, 2.75) is 19.8 Å². The molecule has 0 aromatic carbocycles. The Morgan fingerprint density at radius 3 is 2.54 bits per heavy atom. The summed E-state index contributed by atoms with van der Waals surface area (Å²) in [4.78, 5) is 11.3. The van der Waals surface area contributed by atoms with Gasteiger partial charge in [-0.1, -0.05) is 17.7 Å². The Hall–Kier alpha value is -1.05. The first-order valence-electron chi connectivity index (χ1n) is 4.70. The van der Waals surface area contributed by atoms with Gasteiger partial charge in [-0.3, -0.25) is 0 Å². The molecule has 13 heavy (non-hydrogen) atoms. The normalized spacial score (nSPS) is 30.9. The number of methoxy groups -OCH3 is 1. The standard InChI is InChI=1S/C11H14O2/c1-7-5-9-4-3-8(7)6-10(9)11(12)13-2/h5-6,8-9H,3-4H2,1-2H3/t8-,9?/m0/s1. The van der Waals surface area contributed by atoms with Crippen molar-refractivity contribution in [3.05, 3.63) is 23.3 Å². The second kappa shape index (κ2) is 3.02. The molecule has 2 atom stereocenters. The SMILES string of the molecule is COC(=O)C1=C[C@@H]2CCC1C=C2C. The number of carbonyl (C=O) groups is 1. The van der Waals surface area contributed by atoms with Crippen LogP contribution in [0.25, 0.3) is 0 Å². The molecule has 0 saturated carbocycles. The van der Waals surface area contributed by atoms with Gasteiger partial charge < -0.3 is 4.74 Å². The highest BCUT2D eigenvalue weighted by Crippen LogP contribution is 2.39. The fourth-order valence-corrected chi connectivity index (χ4v) is 2.25. The van der Waals surface area contributed by atoms with Gasteiger partial charge in [0, 0.05) is 11.5 Å². The fourth-order valence-electron chi connectivity index (χ4n) is 2.25. The van der Waals surface area contributed by atoms with Crippen LogP contribution in [0.15, 0.2) is 23.3 Å². The topological polar surface area (TPSA) is 26.3 Å². The summed E-state index contributed by atoms with van der Waals surface area (Å²) in [5, 5.41) is 0. The third-order valence-corrected chi connectivity index (χ3v) is 3.04. The Labute approximate surface area is 78.3 Å². The zero-order valence-electron chi connectivity index (χ0n) is 8.04. The maximum absolute atomic E-state index is 11.3. The molecule has 0 radical (unpaired) electrons. The van der Waals surface area contributed by atoms with Gasteiger partial charge in [-0.25, -0.2) is 4.79 Å². The number of hydrogen-bond donors (Lipinski definition) is 0. The number of esters is 1. The van der Waals surface area contributed by atoms with E-state index in [0.717, 1.165) is 12.0 Å². The number of ether oxygens (including phenoxy) is 1. The van der Waals surface area contributed by atoms with E-state index >= 15 is 0 Å². The minimum Gasteiger partial charge on any atom is -0.466 e. The van der Waals surface area contributed by atoms with Gasteiger partial charge in [0.05, 0.1) is 7.11 Å². The van der Waals surface area contributed by atoms with E-state index < -0.39 is 0 Å². The molecule has 0 aromatic heterocycles. The number of fused-ring (bicyclic) bond motifs is 1. The monoisotopic (exact) mass is 178 g/mol. The van der Waals surface area contributed by atoms with Crippen LogP contribution in [0.1, 0.15) is 19.8 Å². The lowest BCUT2D eigenvalue weighted by molar-refractivity contribution is -0.136. The van der Waals surface area contributed by atoms with Crippen LogP contribution < -0.4 is 0 Å². The van der Waals surface area contributed by atoms with Crippen molar-refractivity contribution in [2.75, 3.05) is 7.11 Å². The van der Waals surface area contributed by atoms with E-state index in [1.165, 1.54) is 19.1 Å². The largest absolute Gasteiger partial charge is 0.466 e. The highest BCUT2D eigenvalue weighted by Gasteiger charge is 2.31. The Morgan fingerprint density at radius 2 is 2.08 bits per heavy atom.